The first kappa shape index (κ1) is 22.5. The maximum atomic E-state index is 13.3. The average molecular weight is 500 g/mol. The first-order chi connectivity index (χ1) is 17.7. The van der Waals surface area contributed by atoms with Gasteiger partial charge in [-0.15, -0.1) is 11.3 Å². The molecule has 0 saturated heterocycles. The van der Waals surface area contributed by atoms with Crippen LogP contribution in [0, 0.1) is 0 Å². The van der Waals surface area contributed by atoms with Crippen LogP contribution in [0.25, 0.3) is 22.2 Å². The van der Waals surface area contributed by atoms with Gasteiger partial charge >= 0.3 is 0 Å². The number of fused-ring (bicyclic) bond motifs is 3. The molecule has 0 fully saturated rings. The number of carbonyl (C=O) groups is 2. The van der Waals surface area contributed by atoms with E-state index >= 15 is 0 Å². The number of para-hydroxylation sites is 1. The molecule has 2 aliphatic heterocycles. The van der Waals surface area contributed by atoms with Crippen LogP contribution in [-0.2, 0) is 17.8 Å². The summed E-state index contributed by atoms with van der Waals surface area (Å²) in [7, 11) is 0. The first-order valence-corrected chi connectivity index (χ1v) is 12.9. The number of amides is 2. The smallest absolute Gasteiger partial charge is 0.252 e. The van der Waals surface area contributed by atoms with E-state index in [4.69, 9.17) is 14.5 Å². The Hall–Kier alpha value is -3.91. The average Bonchev–Trinajstić information content (AvgIpc) is 3.40. The maximum absolute atomic E-state index is 13.3. The zero-order valence-electron chi connectivity index (χ0n) is 19.7. The summed E-state index contributed by atoms with van der Waals surface area (Å²) in [6.45, 7) is 2.69. The van der Waals surface area contributed by atoms with Gasteiger partial charge in [-0.1, -0.05) is 18.2 Å². The molecule has 0 atom stereocenters. The van der Waals surface area contributed by atoms with Crippen LogP contribution in [0.15, 0.2) is 60.0 Å². The molecule has 1 N–H and O–H groups in total. The van der Waals surface area contributed by atoms with Crippen LogP contribution in [0.1, 0.15) is 27.2 Å². The highest BCUT2D eigenvalue weighted by molar-refractivity contribution is 7.10. The van der Waals surface area contributed by atoms with E-state index < -0.39 is 0 Å². The fourth-order valence-corrected chi connectivity index (χ4v) is 5.60. The monoisotopic (exact) mass is 499 g/mol. The fraction of sp³-hybridized carbons (Fsp3) is 0.250. The summed E-state index contributed by atoms with van der Waals surface area (Å²) in [6, 6.07) is 17.2. The third-order valence-corrected chi connectivity index (χ3v) is 7.61. The molecule has 0 radical (unpaired) electrons. The zero-order chi connectivity index (χ0) is 24.5. The molecule has 8 heteroatoms. The Bertz CT molecular complexity index is 1460. The highest BCUT2D eigenvalue weighted by Crippen LogP contribution is 2.35. The third-order valence-electron chi connectivity index (χ3n) is 6.58. The number of carbonyl (C=O) groups excluding carboxylic acids is 2. The van der Waals surface area contributed by atoms with E-state index in [1.54, 1.807) is 17.4 Å². The van der Waals surface area contributed by atoms with Gasteiger partial charge in [0.25, 0.3) is 5.91 Å². The molecule has 0 saturated carbocycles. The highest BCUT2D eigenvalue weighted by Gasteiger charge is 2.22. The van der Waals surface area contributed by atoms with E-state index in [9.17, 15) is 9.59 Å². The summed E-state index contributed by atoms with van der Waals surface area (Å²) < 4.78 is 11.4. The molecule has 182 valence electrons. The van der Waals surface area contributed by atoms with E-state index in [1.807, 2.05) is 47.4 Å². The van der Waals surface area contributed by atoms with E-state index in [1.165, 1.54) is 10.4 Å². The number of benzene rings is 2. The molecule has 0 spiro atoms. The predicted molar refractivity (Wildman–Crippen MR) is 139 cm³/mol. The van der Waals surface area contributed by atoms with Crippen molar-refractivity contribution in [3.8, 4) is 22.8 Å². The van der Waals surface area contributed by atoms with Crippen molar-refractivity contribution in [3.63, 3.8) is 0 Å². The number of ether oxygens (including phenoxy) is 2. The van der Waals surface area contributed by atoms with Gasteiger partial charge in [0, 0.05) is 41.9 Å². The van der Waals surface area contributed by atoms with Crippen molar-refractivity contribution >= 4 is 34.1 Å². The second-order valence-corrected chi connectivity index (χ2v) is 9.87. The molecule has 0 unspecified atom stereocenters. The molecule has 36 heavy (non-hydrogen) atoms. The molecule has 2 aromatic heterocycles. The van der Waals surface area contributed by atoms with Crippen molar-refractivity contribution in [2.45, 2.75) is 19.4 Å². The Kier molecular flexibility index (Phi) is 6.03. The zero-order valence-corrected chi connectivity index (χ0v) is 20.5. The Morgan fingerprint density at radius 3 is 2.81 bits per heavy atom. The van der Waals surface area contributed by atoms with Gasteiger partial charge in [-0.3, -0.25) is 9.59 Å². The molecule has 0 bridgehead atoms. The lowest BCUT2D eigenvalue weighted by Crippen LogP contribution is -2.37. The summed E-state index contributed by atoms with van der Waals surface area (Å²) in [5, 5.41) is 5.79. The van der Waals surface area contributed by atoms with Gasteiger partial charge < -0.3 is 19.7 Å². The van der Waals surface area contributed by atoms with Crippen molar-refractivity contribution in [1.82, 2.24) is 15.2 Å². The van der Waals surface area contributed by atoms with Gasteiger partial charge in [0.2, 0.25) is 5.91 Å². The van der Waals surface area contributed by atoms with Gasteiger partial charge in [0.05, 0.1) is 16.8 Å². The minimum absolute atomic E-state index is 0.0590. The van der Waals surface area contributed by atoms with E-state index in [2.05, 4.69) is 16.8 Å². The molecule has 7 nitrogen and oxygen atoms in total. The maximum Gasteiger partial charge on any atom is 0.252 e. The Morgan fingerprint density at radius 2 is 1.89 bits per heavy atom. The van der Waals surface area contributed by atoms with Crippen LogP contribution in [0.5, 0.6) is 11.5 Å². The van der Waals surface area contributed by atoms with Crippen LogP contribution in [0.3, 0.4) is 0 Å². The molecule has 4 heterocycles. The van der Waals surface area contributed by atoms with Crippen LogP contribution in [-0.4, -0.2) is 48.0 Å². The molecule has 2 amide bonds. The number of thiophene rings is 1. The van der Waals surface area contributed by atoms with Crippen molar-refractivity contribution in [2.75, 3.05) is 26.3 Å². The van der Waals surface area contributed by atoms with Gasteiger partial charge in [0.15, 0.2) is 11.5 Å². The number of rotatable bonds is 5. The second kappa shape index (κ2) is 9.62. The van der Waals surface area contributed by atoms with Crippen molar-refractivity contribution in [1.29, 1.82) is 0 Å². The van der Waals surface area contributed by atoms with Gasteiger partial charge in [-0.05, 0) is 53.8 Å². The number of aromatic nitrogens is 1. The second-order valence-electron chi connectivity index (χ2n) is 8.87. The van der Waals surface area contributed by atoms with E-state index in [0.717, 1.165) is 29.4 Å². The summed E-state index contributed by atoms with van der Waals surface area (Å²) in [5.41, 5.74) is 4.00. The standard InChI is InChI=1S/C28H25N3O4S/c32-27(31-11-8-26-19(17-31)9-14-36-26)7-10-29-28(33)21-16-23(30-22-4-2-1-3-20(21)22)18-5-6-24-25(15-18)35-13-12-34-24/h1-6,9,14-16H,7-8,10-13,17H2,(H,29,33). The Balaban J connectivity index is 1.19. The molecular formula is C28H25N3O4S. The minimum Gasteiger partial charge on any atom is -0.486 e. The number of nitrogens with zero attached hydrogens (tertiary/aromatic N) is 2. The van der Waals surface area contributed by atoms with Gasteiger partial charge in [-0.25, -0.2) is 4.98 Å². The predicted octanol–water partition coefficient (Wildman–Crippen LogP) is 4.44. The quantitative estimate of drug-likeness (QED) is 0.439. The SMILES string of the molecule is O=C(NCCC(=O)N1CCc2sccc2C1)c1cc(-c2ccc3c(c2)OCCO3)nc2ccccc12. The van der Waals surface area contributed by atoms with Crippen molar-refractivity contribution < 1.29 is 19.1 Å². The van der Waals surface area contributed by atoms with Crippen molar-refractivity contribution in [2.24, 2.45) is 0 Å². The van der Waals surface area contributed by atoms with Crippen LogP contribution >= 0.6 is 11.3 Å². The summed E-state index contributed by atoms with van der Waals surface area (Å²) in [4.78, 5) is 34.0. The first-order valence-electron chi connectivity index (χ1n) is 12.1. The normalized spacial score (nSPS) is 14.4. The minimum atomic E-state index is -0.223. The number of nitrogens with one attached hydrogen (secondary N) is 1. The van der Waals surface area contributed by atoms with Gasteiger partial charge in [0.1, 0.15) is 13.2 Å². The lowest BCUT2D eigenvalue weighted by atomic mass is 10.0. The highest BCUT2D eigenvalue weighted by atomic mass is 32.1. The topological polar surface area (TPSA) is 80.8 Å². The summed E-state index contributed by atoms with van der Waals surface area (Å²) in [6.07, 6.45) is 1.17. The van der Waals surface area contributed by atoms with Crippen LogP contribution < -0.4 is 14.8 Å². The number of pyridine rings is 1. The van der Waals surface area contributed by atoms with Crippen molar-refractivity contribution in [3.05, 3.63) is 76.0 Å². The lowest BCUT2D eigenvalue weighted by Gasteiger charge is -2.27. The van der Waals surface area contributed by atoms with Crippen LogP contribution in [0.2, 0.25) is 0 Å². The summed E-state index contributed by atoms with van der Waals surface area (Å²) in [5.74, 6) is 1.21. The third kappa shape index (κ3) is 4.40. The Labute approximate surface area is 212 Å². The fourth-order valence-electron chi connectivity index (χ4n) is 4.71. The van der Waals surface area contributed by atoms with Gasteiger partial charge in [-0.2, -0.15) is 0 Å². The molecule has 4 aromatic rings. The summed E-state index contributed by atoms with van der Waals surface area (Å²) >= 11 is 1.75. The van der Waals surface area contributed by atoms with Crippen LogP contribution in [0.4, 0.5) is 0 Å². The largest absolute Gasteiger partial charge is 0.486 e. The molecule has 2 aliphatic rings. The van der Waals surface area contributed by atoms with E-state index in [-0.39, 0.29) is 24.8 Å². The van der Waals surface area contributed by atoms with E-state index in [0.29, 0.717) is 42.5 Å². The lowest BCUT2D eigenvalue weighted by molar-refractivity contribution is -0.131. The molecule has 6 rings (SSSR count). The number of hydrogen-bond acceptors (Lipinski definition) is 6. The Morgan fingerprint density at radius 1 is 1.03 bits per heavy atom. The molecule has 0 aliphatic carbocycles. The molecule has 2 aromatic carbocycles. The number of hydrogen-bond donors (Lipinski definition) is 1. The molecular weight excluding hydrogens is 474 g/mol.